The predicted octanol–water partition coefficient (Wildman–Crippen LogP) is 4.74. The van der Waals surface area contributed by atoms with E-state index in [0.717, 1.165) is 6.42 Å². The van der Waals surface area contributed by atoms with Gasteiger partial charge in [0, 0.05) is 24.5 Å². The fourth-order valence-electron chi connectivity index (χ4n) is 2.83. The second kappa shape index (κ2) is 6.77. The molecule has 1 unspecified atom stereocenters. The highest BCUT2D eigenvalue weighted by Gasteiger charge is 2.08. The Morgan fingerprint density at radius 2 is 1.52 bits per heavy atom. The molecule has 0 heterocycles. The topological polar surface area (TPSA) is 15.3 Å². The van der Waals surface area contributed by atoms with Crippen LogP contribution in [-0.2, 0) is 0 Å². The van der Waals surface area contributed by atoms with Gasteiger partial charge < -0.3 is 10.2 Å². The van der Waals surface area contributed by atoms with Gasteiger partial charge in [-0.2, -0.15) is 0 Å². The minimum Gasteiger partial charge on any atom is -0.345 e. The van der Waals surface area contributed by atoms with Crippen molar-refractivity contribution in [2.45, 2.75) is 33.2 Å². The molecule has 0 spiro atoms. The van der Waals surface area contributed by atoms with Crippen LogP contribution in [0.2, 0.25) is 0 Å². The molecule has 2 heteroatoms. The van der Waals surface area contributed by atoms with E-state index in [2.05, 4.69) is 80.5 Å². The Hall–Kier alpha value is -1.80. The number of hydrogen-bond donors (Lipinski definition) is 1. The van der Waals surface area contributed by atoms with Crippen molar-refractivity contribution in [3.63, 3.8) is 0 Å². The minimum absolute atomic E-state index is 0.436. The van der Waals surface area contributed by atoms with E-state index < -0.39 is 0 Å². The van der Waals surface area contributed by atoms with Crippen molar-refractivity contribution in [2.24, 2.45) is 0 Å². The highest BCUT2D eigenvalue weighted by Crippen LogP contribution is 2.27. The van der Waals surface area contributed by atoms with Crippen LogP contribution in [0.3, 0.4) is 0 Å². The first kappa shape index (κ1) is 15.6. The molecule has 21 heavy (non-hydrogen) atoms. The van der Waals surface area contributed by atoms with Gasteiger partial charge in [0.2, 0.25) is 0 Å². The highest BCUT2D eigenvalue weighted by atomic mass is 15.1. The van der Waals surface area contributed by atoms with E-state index in [4.69, 9.17) is 0 Å². The fraction of sp³-hybridized carbons (Fsp3) is 0.368. The summed E-state index contributed by atoms with van der Waals surface area (Å²) in [6.45, 7) is 6.50. The Bertz CT molecular complexity index is 563. The van der Waals surface area contributed by atoms with E-state index in [9.17, 15) is 0 Å². The first-order valence-electron chi connectivity index (χ1n) is 7.64. The van der Waals surface area contributed by atoms with Crippen LogP contribution in [0.15, 0.2) is 42.5 Å². The lowest BCUT2D eigenvalue weighted by molar-refractivity contribution is 0.577. The van der Waals surface area contributed by atoms with Gasteiger partial charge in [-0.1, -0.05) is 25.1 Å². The van der Waals surface area contributed by atoms with Crippen LogP contribution >= 0.6 is 0 Å². The fourth-order valence-corrected chi connectivity index (χ4v) is 2.83. The summed E-state index contributed by atoms with van der Waals surface area (Å²) in [5.74, 6) is 0. The van der Waals surface area contributed by atoms with Crippen LogP contribution in [0.5, 0.6) is 0 Å². The average Bonchev–Trinajstić information content (AvgIpc) is 2.47. The molecule has 1 N–H and O–H groups in total. The second-order valence-corrected chi connectivity index (χ2v) is 5.75. The monoisotopic (exact) mass is 282 g/mol. The van der Waals surface area contributed by atoms with Gasteiger partial charge in [0.15, 0.2) is 0 Å². The van der Waals surface area contributed by atoms with Crippen LogP contribution in [0, 0.1) is 13.8 Å². The van der Waals surface area contributed by atoms with Crippen molar-refractivity contribution in [1.82, 2.24) is 5.32 Å². The molecule has 0 saturated heterocycles. The van der Waals surface area contributed by atoms with Crippen molar-refractivity contribution in [2.75, 3.05) is 19.0 Å². The van der Waals surface area contributed by atoms with Gasteiger partial charge in [-0.3, -0.25) is 0 Å². The molecule has 0 bridgehead atoms. The standard InChI is InChI=1S/C19H26N2/c1-6-19(20-4)16-7-9-17(10-8-16)21(5)18-12-14(2)11-15(3)13-18/h7-13,19-20H,6H2,1-5H3. The molecule has 0 amide bonds. The molecule has 2 aromatic carbocycles. The SMILES string of the molecule is CCC(NC)c1ccc(N(C)c2cc(C)cc(C)c2)cc1. The maximum Gasteiger partial charge on any atom is 0.0413 e. The maximum atomic E-state index is 3.35. The Kier molecular flexibility index (Phi) is 5.03. The van der Waals surface area contributed by atoms with Crippen LogP contribution in [-0.4, -0.2) is 14.1 Å². The van der Waals surface area contributed by atoms with Crippen molar-refractivity contribution >= 4 is 11.4 Å². The van der Waals surface area contributed by atoms with Gasteiger partial charge in [0.1, 0.15) is 0 Å². The zero-order chi connectivity index (χ0) is 15.4. The summed E-state index contributed by atoms with van der Waals surface area (Å²) in [7, 11) is 4.14. The summed E-state index contributed by atoms with van der Waals surface area (Å²) in [6, 6.07) is 15.9. The van der Waals surface area contributed by atoms with E-state index in [1.54, 1.807) is 0 Å². The Balaban J connectivity index is 2.25. The molecule has 0 aromatic heterocycles. The molecule has 1 atom stereocenters. The smallest absolute Gasteiger partial charge is 0.0413 e. The van der Waals surface area contributed by atoms with Crippen molar-refractivity contribution in [3.05, 3.63) is 59.2 Å². The zero-order valence-corrected chi connectivity index (χ0v) is 13.8. The lowest BCUT2D eigenvalue weighted by Crippen LogP contribution is -2.15. The lowest BCUT2D eigenvalue weighted by Gasteiger charge is -2.22. The first-order valence-corrected chi connectivity index (χ1v) is 7.64. The molecule has 2 rings (SSSR count). The summed E-state index contributed by atoms with van der Waals surface area (Å²) < 4.78 is 0. The van der Waals surface area contributed by atoms with Crippen molar-refractivity contribution in [3.8, 4) is 0 Å². The van der Waals surface area contributed by atoms with Crippen LogP contribution < -0.4 is 10.2 Å². The van der Waals surface area contributed by atoms with Crippen LogP contribution in [0.4, 0.5) is 11.4 Å². The average molecular weight is 282 g/mol. The van der Waals surface area contributed by atoms with E-state index >= 15 is 0 Å². The largest absolute Gasteiger partial charge is 0.345 e. The molecule has 2 aromatic rings. The molecule has 0 fully saturated rings. The second-order valence-electron chi connectivity index (χ2n) is 5.75. The Labute approximate surface area is 128 Å². The quantitative estimate of drug-likeness (QED) is 0.852. The van der Waals surface area contributed by atoms with Gasteiger partial charge >= 0.3 is 0 Å². The first-order chi connectivity index (χ1) is 10.0. The third-order valence-electron chi connectivity index (χ3n) is 4.03. The Morgan fingerprint density at radius 1 is 0.952 bits per heavy atom. The zero-order valence-electron chi connectivity index (χ0n) is 13.8. The maximum absolute atomic E-state index is 3.35. The Morgan fingerprint density at radius 3 is 2.00 bits per heavy atom. The molecular weight excluding hydrogens is 256 g/mol. The molecule has 2 nitrogen and oxygen atoms in total. The van der Waals surface area contributed by atoms with Crippen LogP contribution in [0.1, 0.15) is 36.1 Å². The summed E-state index contributed by atoms with van der Waals surface area (Å²) >= 11 is 0. The number of benzene rings is 2. The third kappa shape index (κ3) is 3.64. The number of hydrogen-bond acceptors (Lipinski definition) is 2. The van der Waals surface area contributed by atoms with E-state index in [1.807, 2.05) is 7.05 Å². The summed E-state index contributed by atoms with van der Waals surface area (Å²) in [4.78, 5) is 2.24. The summed E-state index contributed by atoms with van der Waals surface area (Å²) in [5, 5.41) is 3.35. The summed E-state index contributed by atoms with van der Waals surface area (Å²) in [6.07, 6.45) is 1.10. The van der Waals surface area contributed by atoms with E-state index in [0.29, 0.717) is 6.04 Å². The van der Waals surface area contributed by atoms with Gasteiger partial charge in [0.25, 0.3) is 0 Å². The van der Waals surface area contributed by atoms with E-state index in [1.165, 1.54) is 28.1 Å². The molecule has 0 aliphatic heterocycles. The molecule has 0 aliphatic rings. The minimum atomic E-state index is 0.436. The van der Waals surface area contributed by atoms with Gasteiger partial charge in [0.05, 0.1) is 0 Å². The number of rotatable bonds is 5. The molecule has 0 radical (unpaired) electrons. The van der Waals surface area contributed by atoms with Crippen molar-refractivity contribution < 1.29 is 0 Å². The molecule has 0 aliphatic carbocycles. The third-order valence-corrected chi connectivity index (χ3v) is 4.03. The normalized spacial score (nSPS) is 12.2. The number of nitrogens with zero attached hydrogens (tertiary/aromatic N) is 1. The predicted molar refractivity (Wildman–Crippen MR) is 92.5 cm³/mol. The van der Waals surface area contributed by atoms with Gasteiger partial charge in [-0.25, -0.2) is 0 Å². The van der Waals surface area contributed by atoms with Gasteiger partial charge in [-0.05, 0) is 68.3 Å². The highest BCUT2D eigenvalue weighted by molar-refractivity contribution is 5.64. The number of aryl methyl sites for hydroxylation is 2. The van der Waals surface area contributed by atoms with E-state index in [-0.39, 0.29) is 0 Å². The lowest BCUT2D eigenvalue weighted by atomic mass is 10.0. The molecule has 112 valence electrons. The molecular formula is C19H26N2. The summed E-state index contributed by atoms with van der Waals surface area (Å²) in [5.41, 5.74) is 6.40. The molecule has 0 saturated carbocycles. The van der Waals surface area contributed by atoms with Gasteiger partial charge in [-0.15, -0.1) is 0 Å². The number of nitrogens with one attached hydrogen (secondary N) is 1. The van der Waals surface area contributed by atoms with Crippen molar-refractivity contribution in [1.29, 1.82) is 0 Å². The van der Waals surface area contributed by atoms with Crippen LogP contribution in [0.25, 0.3) is 0 Å². The number of anilines is 2.